The van der Waals surface area contributed by atoms with Gasteiger partial charge in [0.05, 0.1) is 12.2 Å². The molecule has 0 bridgehead atoms. The van der Waals surface area contributed by atoms with Crippen molar-refractivity contribution in [1.29, 1.82) is 0 Å². The molecule has 0 amide bonds. The summed E-state index contributed by atoms with van der Waals surface area (Å²) in [6.45, 7) is 5.62. The minimum absolute atomic E-state index is 0.197. The summed E-state index contributed by atoms with van der Waals surface area (Å²) in [5.41, 5.74) is 1.31. The molecular weight excluding hydrogens is 264 g/mol. The van der Waals surface area contributed by atoms with E-state index in [-0.39, 0.29) is 6.10 Å². The molecule has 21 heavy (non-hydrogen) atoms. The van der Waals surface area contributed by atoms with E-state index >= 15 is 0 Å². The van der Waals surface area contributed by atoms with Crippen molar-refractivity contribution in [3.05, 3.63) is 35.9 Å². The number of hydrogen-bond donors (Lipinski definition) is 2. The van der Waals surface area contributed by atoms with E-state index in [4.69, 9.17) is 4.74 Å². The number of aliphatic hydroxyl groups excluding tert-OH is 1. The number of hydrogen-bond acceptors (Lipinski definition) is 4. The van der Waals surface area contributed by atoms with Gasteiger partial charge in [0.2, 0.25) is 0 Å². The lowest BCUT2D eigenvalue weighted by molar-refractivity contribution is 0.111. The zero-order valence-electron chi connectivity index (χ0n) is 12.7. The van der Waals surface area contributed by atoms with E-state index in [0.29, 0.717) is 18.2 Å². The highest BCUT2D eigenvalue weighted by Gasteiger charge is 2.32. The Hall–Kier alpha value is -0.940. The maximum Gasteiger partial charge on any atom is 0.0700 e. The van der Waals surface area contributed by atoms with Gasteiger partial charge in [-0.25, -0.2) is 0 Å². The molecule has 0 radical (unpaired) electrons. The second-order valence-corrected chi connectivity index (χ2v) is 6.34. The monoisotopic (exact) mass is 290 g/mol. The molecule has 2 aliphatic heterocycles. The standard InChI is InChI=1S/C17H26N2O2/c1-13-17(7-8-21-13)18-10-15-9-16(20)12-19(15)11-14-5-3-2-4-6-14/h2-6,13,15-18,20H,7-12H2,1H3/t13-,15+,16+,17-/m0/s1. The lowest BCUT2D eigenvalue weighted by Gasteiger charge is -2.26. The molecule has 3 rings (SSSR count). The first-order chi connectivity index (χ1) is 10.2. The van der Waals surface area contributed by atoms with Crippen LogP contribution in [0.5, 0.6) is 0 Å². The normalized spacial score (nSPS) is 33.6. The molecule has 4 atom stereocenters. The molecule has 0 aliphatic carbocycles. The highest BCUT2D eigenvalue weighted by atomic mass is 16.5. The maximum atomic E-state index is 10.00. The molecule has 2 aliphatic rings. The van der Waals surface area contributed by atoms with E-state index < -0.39 is 0 Å². The molecule has 2 N–H and O–H groups in total. The number of benzene rings is 1. The van der Waals surface area contributed by atoms with Crippen LogP contribution in [-0.2, 0) is 11.3 Å². The van der Waals surface area contributed by atoms with Crippen LogP contribution >= 0.6 is 0 Å². The number of rotatable bonds is 5. The van der Waals surface area contributed by atoms with Gasteiger partial charge in [-0.2, -0.15) is 0 Å². The Labute approximate surface area is 127 Å². The van der Waals surface area contributed by atoms with Crippen LogP contribution in [0.2, 0.25) is 0 Å². The predicted octanol–water partition coefficient (Wildman–Crippen LogP) is 1.39. The zero-order chi connectivity index (χ0) is 14.7. The molecule has 1 aromatic rings. The topological polar surface area (TPSA) is 44.7 Å². The summed E-state index contributed by atoms with van der Waals surface area (Å²) in [5, 5.41) is 13.6. The quantitative estimate of drug-likeness (QED) is 0.860. The smallest absolute Gasteiger partial charge is 0.0700 e. The van der Waals surface area contributed by atoms with Gasteiger partial charge in [-0.15, -0.1) is 0 Å². The van der Waals surface area contributed by atoms with E-state index in [2.05, 4.69) is 41.4 Å². The first-order valence-electron chi connectivity index (χ1n) is 8.03. The second kappa shape index (κ2) is 6.88. The number of nitrogens with zero attached hydrogens (tertiary/aromatic N) is 1. The largest absolute Gasteiger partial charge is 0.392 e. The average molecular weight is 290 g/mol. The molecule has 2 heterocycles. The summed E-state index contributed by atoms with van der Waals surface area (Å²) < 4.78 is 5.60. The van der Waals surface area contributed by atoms with Crippen LogP contribution in [0.3, 0.4) is 0 Å². The Morgan fingerprint density at radius 2 is 2.14 bits per heavy atom. The Bertz CT molecular complexity index is 440. The predicted molar refractivity (Wildman–Crippen MR) is 83.1 cm³/mol. The fourth-order valence-corrected chi connectivity index (χ4v) is 3.47. The van der Waals surface area contributed by atoms with E-state index in [1.807, 2.05) is 6.07 Å². The average Bonchev–Trinajstić information content (AvgIpc) is 3.04. The summed E-state index contributed by atoms with van der Waals surface area (Å²) >= 11 is 0. The van der Waals surface area contributed by atoms with E-state index in [1.54, 1.807) is 0 Å². The molecule has 1 aromatic carbocycles. The number of nitrogens with one attached hydrogen (secondary N) is 1. The lowest BCUT2D eigenvalue weighted by atomic mass is 10.1. The highest BCUT2D eigenvalue weighted by molar-refractivity contribution is 5.15. The fraction of sp³-hybridized carbons (Fsp3) is 0.647. The Kier molecular flexibility index (Phi) is 4.91. The molecule has 0 unspecified atom stereocenters. The lowest BCUT2D eigenvalue weighted by Crippen LogP contribution is -2.43. The number of aliphatic hydroxyl groups is 1. The van der Waals surface area contributed by atoms with Gasteiger partial charge < -0.3 is 15.2 Å². The Balaban J connectivity index is 1.55. The van der Waals surface area contributed by atoms with Crippen molar-refractivity contribution >= 4 is 0 Å². The molecule has 116 valence electrons. The number of ether oxygens (including phenoxy) is 1. The molecule has 0 aromatic heterocycles. The van der Waals surface area contributed by atoms with E-state index in [9.17, 15) is 5.11 Å². The molecule has 4 nitrogen and oxygen atoms in total. The molecular formula is C17H26N2O2. The number of likely N-dealkylation sites (tertiary alicyclic amines) is 1. The summed E-state index contributed by atoms with van der Waals surface area (Å²) in [6.07, 6.45) is 2.06. The summed E-state index contributed by atoms with van der Waals surface area (Å²) in [5.74, 6) is 0. The van der Waals surface area contributed by atoms with Gasteiger partial charge in [-0.3, -0.25) is 4.90 Å². The van der Waals surface area contributed by atoms with Crippen LogP contribution < -0.4 is 5.32 Å². The zero-order valence-corrected chi connectivity index (χ0v) is 12.7. The van der Waals surface area contributed by atoms with Gasteiger partial charge in [0.1, 0.15) is 0 Å². The van der Waals surface area contributed by atoms with Crippen LogP contribution in [0.1, 0.15) is 25.3 Å². The van der Waals surface area contributed by atoms with Crippen molar-refractivity contribution in [2.24, 2.45) is 0 Å². The summed E-state index contributed by atoms with van der Waals surface area (Å²) in [7, 11) is 0. The maximum absolute atomic E-state index is 10.00. The fourth-order valence-electron chi connectivity index (χ4n) is 3.47. The first kappa shape index (κ1) is 15.0. The van der Waals surface area contributed by atoms with Gasteiger partial charge in [0.25, 0.3) is 0 Å². The van der Waals surface area contributed by atoms with Crippen LogP contribution in [0.15, 0.2) is 30.3 Å². The molecule has 2 saturated heterocycles. The SMILES string of the molecule is C[C@@H]1OCC[C@@H]1NC[C@H]1C[C@@H](O)CN1Cc1ccccc1. The molecule has 2 fully saturated rings. The Morgan fingerprint density at radius 1 is 1.33 bits per heavy atom. The third-order valence-corrected chi connectivity index (χ3v) is 4.73. The van der Waals surface area contributed by atoms with Crippen LogP contribution in [0, 0.1) is 0 Å². The van der Waals surface area contributed by atoms with E-state index in [0.717, 1.165) is 39.1 Å². The summed E-state index contributed by atoms with van der Waals surface area (Å²) in [4.78, 5) is 2.40. The Morgan fingerprint density at radius 3 is 2.86 bits per heavy atom. The van der Waals surface area contributed by atoms with Gasteiger partial charge in [-0.1, -0.05) is 30.3 Å². The van der Waals surface area contributed by atoms with Crippen molar-refractivity contribution in [2.45, 2.75) is 50.6 Å². The molecule has 0 spiro atoms. The minimum Gasteiger partial charge on any atom is -0.392 e. The van der Waals surface area contributed by atoms with Crippen molar-refractivity contribution in [2.75, 3.05) is 19.7 Å². The van der Waals surface area contributed by atoms with Gasteiger partial charge >= 0.3 is 0 Å². The number of β-amino-alcohol motifs (C(OH)–C–C–N with tert-alkyl or cyclic N) is 1. The second-order valence-electron chi connectivity index (χ2n) is 6.34. The first-order valence-corrected chi connectivity index (χ1v) is 8.03. The third-order valence-electron chi connectivity index (χ3n) is 4.73. The van der Waals surface area contributed by atoms with Crippen LogP contribution in [0.4, 0.5) is 0 Å². The molecule has 0 saturated carbocycles. The van der Waals surface area contributed by atoms with Gasteiger partial charge in [0, 0.05) is 38.3 Å². The molecule has 4 heteroatoms. The highest BCUT2D eigenvalue weighted by Crippen LogP contribution is 2.21. The van der Waals surface area contributed by atoms with Gasteiger partial charge in [0.15, 0.2) is 0 Å². The van der Waals surface area contributed by atoms with Crippen molar-refractivity contribution in [1.82, 2.24) is 10.2 Å². The third kappa shape index (κ3) is 3.83. The minimum atomic E-state index is -0.197. The van der Waals surface area contributed by atoms with Crippen molar-refractivity contribution in [3.63, 3.8) is 0 Å². The summed E-state index contributed by atoms with van der Waals surface area (Å²) in [6, 6.07) is 11.4. The van der Waals surface area contributed by atoms with Gasteiger partial charge in [-0.05, 0) is 25.3 Å². The van der Waals surface area contributed by atoms with Crippen molar-refractivity contribution in [3.8, 4) is 0 Å². The van der Waals surface area contributed by atoms with Crippen LogP contribution in [-0.4, -0.2) is 54.0 Å². The van der Waals surface area contributed by atoms with Crippen LogP contribution in [0.25, 0.3) is 0 Å². The van der Waals surface area contributed by atoms with E-state index in [1.165, 1.54) is 5.56 Å². The van der Waals surface area contributed by atoms with Crippen molar-refractivity contribution < 1.29 is 9.84 Å².